The molecule has 2 rings (SSSR count). The Morgan fingerprint density at radius 1 is 1.20 bits per heavy atom. The molecule has 25 heavy (non-hydrogen) atoms. The lowest BCUT2D eigenvalue weighted by molar-refractivity contribution is 0.311. The molecule has 1 heterocycles. The molecule has 0 amide bonds. The summed E-state index contributed by atoms with van der Waals surface area (Å²) in [6.07, 6.45) is 0. The summed E-state index contributed by atoms with van der Waals surface area (Å²) >= 11 is 0. The predicted molar refractivity (Wildman–Crippen MR) is 112 cm³/mol. The van der Waals surface area contributed by atoms with Crippen LogP contribution in [0.5, 0.6) is 11.5 Å². The number of anilines is 1. The molecule has 0 bridgehead atoms. The highest BCUT2D eigenvalue weighted by Gasteiger charge is 2.07. The minimum atomic E-state index is 0. The molecule has 0 atom stereocenters. The van der Waals surface area contributed by atoms with Gasteiger partial charge in [-0.05, 0) is 38.1 Å². The largest absolute Gasteiger partial charge is 0.493 e. The number of halogens is 1. The molecule has 6 nitrogen and oxygen atoms in total. The first-order valence-electron chi connectivity index (χ1n) is 7.87. The summed E-state index contributed by atoms with van der Waals surface area (Å²) in [6, 6.07) is 11.6. The summed E-state index contributed by atoms with van der Waals surface area (Å²) < 4.78 is 10.9. The number of aliphatic imine (C=N–C) groups is 1. The molecule has 0 saturated carbocycles. The Morgan fingerprint density at radius 2 is 2.00 bits per heavy atom. The smallest absolute Gasteiger partial charge is 0.195 e. The zero-order chi connectivity index (χ0) is 17.4. The van der Waals surface area contributed by atoms with Gasteiger partial charge in [0.15, 0.2) is 17.5 Å². The van der Waals surface area contributed by atoms with E-state index in [0.29, 0.717) is 30.6 Å². The normalized spacial score (nSPS) is 10.6. The van der Waals surface area contributed by atoms with Crippen molar-refractivity contribution < 1.29 is 9.47 Å². The van der Waals surface area contributed by atoms with Crippen LogP contribution < -0.4 is 20.1 Å². The minimum Gasteiger partial charge on any atom is -0.493 e. The lowest BCUT2D eigenvalue weighted by Crippen LogP contribution is -2.30. The first-order valence-corrected chi connectivity index (χ1v) is 7.87. The van der Waals surface area contributed by atoms with Crippen molar-refractivity contribution in [1.29, 1.82) is 0 Å². The maximum atomic E-state index is 5.59. The second-order valence-electron chi connectivity index (χ2n) is 5.12. The third kappa shape index (κ3) is 6.41. The van der Waals surface area contributed by atoms with Crippen molar-refractivity contribution in [2.24, 2.45) is 4.99 Å². The molecule has 136 valence electrons. The highest BCUT2D eigenvalue weighted by molar-refractivity contribution is 14.0. The zero-order valence-electron chi connectivity index (χ0n) is 15.0. The maximum absolute atomic E-state index is 5.59. The average molecular weight is 456 g/mol. The molecule has 0 fully saturated rings. The number of rotatable bonds is 6. The highest BCUT2D eigenvalue weighted by Crippen LogP contribution is 2.30. The third-order valence-electron chi connectivity index (χ3n) is 3.33. The number of hydrogen-bond donors (Lipinski definition) is 2. The van der Waals surface area contributed by atoms with Gasteiger partial charge in [-0.1, -0.05) is 6.07 Å². The van der Waals surface area contributed by atoms with Crippen molar-refractivity contribution >= 4 is 35.6 Å². The fourth-order valence-electron chi connectivity index (χ4n) is 2.21. The van der Waals surface area contributed by atoms with Crippen molar-refractivity contribution in [3.63, 3.8) is 0 Å². The number of ether oxygens (including phenoxy) is 2. The van der Waals surface area contributed by atoms with Crippen LogP contribution in [0.25, 0.3) is 0 Å². The second kappa shape index (κ2) is 10.8. The van der Waals surface area contributed by atoms with Gasteiger partial charge in [0.2, 0.25) is 0 Å². The summed E-state index contributed by atoms with van der Waals surface area (Å²) in [7, 11) is 3.35. The Labute approximate surface area is 166 Å². The van der Waals surface area contributed by atoms with Crippen LogP contribution in [0.2, 0.25) is 0 Å². The van der Waals surface area contributed by atoms with Gasteiger partial charge in [-0.25, -0.2) is 0 Å². The van der Waals surface area contributed by atoms with Crippen molar-refractivity contribution in [3.05, 3.63) is 47.8 Å². The van der Waals surface area contributed by atoms with Gasteiger partial charge >= 0.3 is 0 Å². The van der Waals surface area contributed by atoms with Gasteiger partial charge in [-0.3, -0.25) is 9.98 Å². The molecular weight excluding hydrogens is 431 g/mol. The van der Waals surface area contributed by atoms with E-state index in [2.05, 4.69) is 20.6 Å². The van der Waals surface area contributed by atoms with Crippen LogP contribution in [0, 0.1) is 6.92 Å². The van der Waals surface area contributed by atoms with Gasteiger partial charge in [0, 0.05) is 24.5 Å². The number of benzene rings is 1. The Balaban J connectivity index is 0.00000312. The molecule has 0 radical (unpaired) electrons. The maximum Gasteiger partial charge on any atom is 0.195 e. The molecule has 0 aliphatic carbocycles. The molecule has 1 aromatic heterocycles. The number of guanidine groups is 1. The van der Waals surface area contributed by atoms with Crippen LogP contribution in [0.15, 0.2) is 41.4 Å². The van der Waals surface area contributed by atoms with Gasteiger partial charge in [-0.2, -0.15) is 0 Å². The Hall–Kier alpha value is -2.03. The van der Waals surface area contributed by atoms with Crippen LogP contribution in [-0.2, 0) is 6.54 Å². The monoisotopic (exact) mass is 456 g/mol. The summed E-state index contributed by atoms with van der Waals surface area (Å²) in [5.74, 6) is 2.06. The lowest BCUT2D eigenvalue weighted by Gasteiger charge is -2.14. The summed E-state index contributed by atoms with van der Waals surface area (Å²) in [5.41, 5.74) is 2.82. The zero-order valence-corrected chi connectivity index (χ0v) is 17.3. The van der Waals surface area contributed by atoms with Crippen LogP contribution in [0.1, 0.15) is 18.3 Å². The first kappa shape index (κ1) is 21.0. The molecular formula is C18H25IN4O2. The number of hydrogen-bond acceptors (Lipinski definition) is 4. The predicted octanol–water partition coefficient (Wildman–Crippen LogP) is 3.60. The molecule has 0 aliphatic rings. The number of aromatic nitrogens is 1. The van der Waals surface area contributed by atoms with Crippen molar-refractivity contribution in [3.8, 4) is 11.5 Å². The van der Waals surface area contributed by atoms with E-state index in [-0.39, 0.29) is 24.0 Å². The Morgan fingerprint density at radius 3 is 2.64 bits per heavy atom. The Kier molecular flexibility index (Phi) is 9.04. The highest BCUT2D eigenvalue weighted by atomic mass is 127. The number of pyridine rings is 1. The number of aryl methyl sites for hydroxylation is 1. The van der Waals surface area contributed by atoms with Crippen molar-refractivity contribution in [2.45, 2.75) is 20.4 Å². The van der Waals surface area contributed by atoms with Gasteiger partial charge in [0.1, 0.15) is 0 Å². The molecule has 2 N–H and O–H groups in total. The standard InChI is InChI=1S/C18H24N4O2.HI/c1-5-24-17-11-14(9-10-16(17)23-4)22-18(19-3)20-12-15-8-6-7-13(2)21-15;/h6-11H,5,12H2,1-4H3,(H2,19,20,22);1H. The van der Waals surface area contributed by atoms with E-state index in [9.17, 15) is 0 Å². The van der Waals surface area contributed by atoms with E-state index in [1.165, 1.54) is 0 Å². The number of nitrogens with zero attached hydrogens (tertiary/aromatic N) is 2. The first-order chi connectivity index (χ1) is 11.7. The molecule has 1 aromatic carbocycles. The Bertz CT molecular complexity index is 707. The summed E-state index contributed by atoms with van der Waals surface area (Å²) in [4.78, 5) is 8.70. The van der Waals surface area contributed by atoms with Crippen LogP contribution in [0.3, 0.4) is 0 Å². The fraction of sp³-hybridized carbons (Fsp3) is 0.333. The van der Waals surface area contributed by atoms with Crippen LogP contribution >= 0.6 is 24.0 Å². The summed E-state index contributed by atoms with van der Waals surface area (Å²) in [5, 5.41) is 6.49. The van der Waals surface area contributed by atoms with Gasteiger partial charge in [-0.15, -0.1) is 24.0 Å². The molecule has 0 unspecified atom stereocenters. The van der Waals surface area contributed by atoms with Gasteiger partial charge in [0.05, 0.1) is 26.0 Å². The average Bonchev–Trinajstić information content (AvgIpc) is 2.59. The van der Waals surface area contributed by atoms with Crippen LogP contribution in [0.4, 0.5) is 5.69 Å². The third-order valence-corrected chi connectivity index (χ3v) is 3.33. The molecule has 7 heteroatoms. The van der Waals surface area contributed by atoms with Gasteiger partial charge in [0.25, 0.3) is 0 Å². The van der Waals surface area contributed by atoms with E-state index in [0.717, 1.165) is 17.1 Å². The number of nitrogens with one attached hydrogen (secondary N) is 2. The second-order valence-corrected chi connectivity index (χ2v) is 5.12. The SMILES string of the molecule is CCOc1cc(NC(=NC)NCc2cccc(C)n2)ccc1OC.I. The van der Waals surface area contributed by atoms with E-state index in [4.69, 9.17) is 9.47 Å². The van der Waals surface area contributed by atoms with Gasteiger partial charge < -0.3 is 20.1 Å². The van der Waals surface area contributed by atoms with Crippen LogP contribution in [-0.4, -0.2) is 31.7 Å². The molecule has 0 saturated heterocycles. The molecule has 2 aromatic rings. The topological polar surface area (TPSA) is 67.8 Å². The van der Waals surface area contributed by atoms with E-state index < -0.39 is 0 Å². The van der Waals surface area contributed by atoms with E-state index >= 15 is 0 Å². The van der Waals surface area contributed by atoms with Crippen molar-refractivity contribution in [2.75, 3.05) is 26.1 Å². The summed E-state index contributed by atoms with van der Waals surface area (Å²) in [6.45, 7) is 5.08. The molecule has 0 spiro atoms. The van der Waals surface area contributed by atoms with E-state index in [1.54, 1.807) is 14.2 Å². The van der Waals surface area contributed by atoms with E-state index in [1.807, 2.05) is 50.2 Å². The molecule has 0 aliphatic heterocycles. The number of methoxy groups -OCH3 is 1. The van der Waals surface area contributed by atoms with Crippen molar-refractivity contribution in [1.82, 2.24) is 10.3 Å². The quantitative estimate of drug-likeness (QED) is 0.395. The fourth-order valence-corrected chi connectivity index (χ4v) is 2.21. The lowest BCUT2D eigenvalue weighted by atomic mass is 10.2. The minimum absolute atomic E-state index is 0.